The number of carbonyl (C=O) groups excluding carboxylic acids is 1. The Kier molecular flexibility index (Phi) is 5.85. The number of hydrogen-bond donors (Lipinski definition) is 2. The lowest BCUT2D eigenvalue weighted by Crippen LogP contribution is -2.40. The van der Waals surface area contributed by atoms with Crippen molar-refractivity contribution in [1.29, 1.82) is 0 Å². The lowest BCUT2D eigenvalue weighted by molar-refractivity contribution is 0.0363. The number of nitrogens with zero attached hydrogens (tertiary/aromatic N) is 2. The molecule has 0 bridgehead atoms. The monoisotopic (exact) mass is 340 g/mol. The molecule has 0 aliphatic carbocycles. The van der Waals surface area contributed by atoms with Gasteiger partial charge in [0.2, 0.25) is 0 Å². The molecule has 132 valence electrons. The Morgan fingerprint density at radius 3 is 2.64 bits per heavy atom. The highest BCUT2D eigenvalue weighted by molar-refractivity contribution is 5.93. The van der Waals surface area contributed by atoms with Gasteiger partial charge in [-0.05, 0) is 37.1 Å². The molecule has 2 heterocycles. The first kappa shape index (κ1) is 17.2. The van der Waals surface area contributed by atoms with Gasteiger partial charge >= 0.3 is 0 Å². The van der Waals surface area contributed by atoms with Crippen LogP contribution in [0, 0.1) is 0 Å². The summed E-state index contributed by atoms with van der Waals surface area (Å²) in [6.45, 7) is 2.61. The smallest absolute Gasteiger partial charge is 0.252 e. The minimum absolute atomic E-state index is 0.0326. The summed E-state index contributed by atoms with van der Waals surface area (Å²) in [6.07, 6.45) is 4.57. The van der Waals surface area contributed by atoms with Gasteiger partial charge in [0.25, 0.3) is 5.91 Å². The van der Waals surface area contributed by atoms with Crippen LogP contribution < -0.4 is 15.8 Å². The van der Waals surface area contributed by atoms with Gasteiger partial charge in [-0.25, -0.2) is 4.98 Å². The normalized spacial score (nSPS) is 15.7. The summed E-state index contributed by atoms with van der Waals surface area (Å²) in [5, 5.41) is 2.93. The van der Waals surface area contributed by atoms with E-state index in [1.807, 2.05) is 30.3 Å². The number of nitrogens with one attached hydrogen (secondary N) is 1. The van der Waals surface area contributed by atoms with E-state index >= 15 is 0 Å². The Hall–Kier alpha value is -2.60. The Balaban J connectivity index is 1.54. The van der Waals surface area contributed by atoms with E-state index in [9.17, 15) is 4.79 Å². The second-order valence-corrected chi connectivity index (χ2v) is 6.14. The number of nitrogens with two attached hydrogens (primary N) is 1. The van der Waals surface area contributed by atoms with E-state index in [-0.39, 0.29) is 12.1 Å². The van der Waals surface area contributed by atoms with E-state index < -0.39 is 0 Å². The predicted molar refractivity (Wildman–Crippen MR) is 97.3 cm³/mol. The van der Waals surface area contributed by atoms with E-state index in [0.717, 1.165) is 25.3 Å². The summed E-state index contributed by atoms with van der Waals surface area (Å²) in [5.41, 5.74) is 6.06. The summed E-state index contributed by atoms with van der Waals surface area (Å²) < 4.78 is 6.15. The van der Waals surface area contributed by atoms with Crippen LogP contribution in [-0.2, 0) is 0 Å². The molecule has 1 aromatic carbocycles. The minimum Gasteiger partial charge on any atom is -0.475 e. The van der Waals surface area contributed by atoms with Gasteiger partial charge in [-0.2, -0.15) is 0 Å². The lowest BCUT2D eigenvalue weighted by Gasteiger charge is -2.28. The molecule has 25 heavy (non-hydrogen) atoms. The lowest BCUT2D eigenvalue weighted by atomic mass is 10.2. The van der Waals surface area contributed by atoms with Crippen molar-refractivity contribution in [2.75, 3.05) is 25.4 Å². The molecule has 0 radical (unpaired) electrons. The molecule has 0 saturated carbocycles. The van der Waals surface area contributed by atoms with Crippen molar-refractivity contribution in [3.63, 3.8) is 0 Å². The van der Waals surface area contributed by atoms with Crippen molar-refractivity contribution in [3.8, 4) is 5.75 Å². The van der Waals surface area contributed by atoms with E-state index in [2.05, 4.69) is 15.2 Å². The van der Waals surface area contributed by atoms with Crippen LogP contribution in [-0.4, -0.2) is 41.7 Å². The molecule has 0 spiro atoms. The van der Waals surface area contributed by atoms with Gasteiger partial charge in [-0.1, -0.05) is 18.2 Å². The van der Waals surface area contributed by atoms with Crippen LogP contribution in [0.5, 0.6) is 5.75 Å². The Bertz CT molecular complexity index is 670. The fraction of sp³-hybridized carbons (Fsp3) is 0.368. The summed E-state index contributed by atoms with van der Waals surface area (Å²) >= 11 is 0. The number of pyridine rings is 1. The number of aromatic nitrogens is 1. The van der Waals surface area contributed by atoms with E-state index in [1.54, 1.807) is 12.1 Å². The topological polar surface area (TPSA) is 80.5 Å². The van der Waals surface area contributed by atoms with Gasteiger partial charge in [0.15, 0.2) is 6.23 Å². The molecule has 3 rings (SSSR count). The molecular formula is C19H24N4O2. The average molecular weight is 340 g/mol. The van der Waals surface area contributed by atoms with Crippen LogP contribution in [0.2, 0.25) is 0 Å². The summed E-state index contributed by atoms with van der Waals surface area (Å²) in [6, 6.07) is 13.1. The first-order chi connectivity index (χ1) is 12.2. The Morgan fingerprint density at radius 2 is 1.96 bits per heavy atom. The number of rotatable bonds is 7. The number of anilines is 1. The standard InChI is InChI=1S/C19H24N4O2/c20-17-9-8-15(14-22-17)19(24)21-11-10-18(23-12-4-5-13-23)25-16-6-2-1-3-7-16/h1-3,6-9,14,18H,4-5,10-13H2,(H2,20,22)(H,21,24). The minimum atomic E-state index is -0.146. The summed E-state index contributed by atoms with van der Waals surface area (Å²) in [4.78, 5) is 18.5. The van der Waals surface area contributed by atoms with Gasteiger partial charge in [0.05, 0.1) is 5.56 Å². The van der Waals surface area contributed by atoms with Crippen molar-refractivity contribution < 1.29 is 9.53 Å². The molecule has 3 N–H and O–H groups in total. The number of carbonyl (C=O) groups is 1. The van der Waals surface area contributed by atoms with Crippen molar-refractivity contribution in [3.05, 3.63) is 54.2 Å². The third-order valence-corrected chi connectivity index (χ3v) is 4.29. The third kappa shape index (κ3) is 4.93. The quantitative estimate of drug-likeness (QED) is 0.808. The molecule has 1 aliphatic rings. The molecule has 1 unspecified atom stereocenters. The molecule has 6 heteroatoms. The van der Waals surface area contributed by atoms with Crippen molar-refractivity contribution in [1.82, 2.24) is 15.2 Å². The van der Waals surface area contributed by atoms with Crippen molar-refractivity contribution in [2.45, 2.75) is 25.5 Å². The molecule has 6 nitrogen and oxygen atoms in total. The van der Waals surface area contributed by atoms with Gasteiger partial charge in [0.1, 0.15) is 11.6 Å². The number of benzene rings is 1. The molecule has 1 atom stereocenters. The van der Waals surface area contributed by atoms with Crippen molar-refractivity contribution in [2.24, 2.45) is 0 Å². The fourth-order valence-corrected chi connectivity index (χ4v) is 2.95. The van der Waals surface area contributed by atoms with Gasteiger partial charge in [-0.15, -0.1) is 0 Å². The predicted octanol–water partition coefficient (Wildman–Crippen LogP) is 2.28. The number of ether oxygens (including phenoxy) is 1. The number of amides is 1. The third-order valence-electron chi connectivity index (χ3n) is 4.29. The van der Waals surface area contributed by atoms with Gasteiger partial charge in [0, 0.05) is 32.3 Å². The van der Waals surface area contributed by atoms with Crippen LogP contribution in [0.25, 0.3) is 0 Å². The number of likely N-dealkylation sites (tertiary alicyclic amines) is 1. The maximum Gasteiger partial charge on any atom is 0.252 e. The van der Waals surface area contributed by atoms with Crippen LogP contribution in [0.3, 0.4) is 0 Å². The van der Waals surface area contributed by atoms with Crippen LogP contribution in [0.4, 0.5) is 5.82 Å². The Morgan fingerprint density at radius 1 is 1.20 bits per heavy atom. The molecule has 1 aliphatic heterocycles. The zero-order valence-corrected chi connectivity index (χ0v) is 14.2. The highest BCUT2D eigenvalue weighted by atomic mass is 16.5. The Labute approximate surface area is 148 Å². The molecular weight excluding hydrogens is 316 g/mol. The van der Waals surface area contributed by atoms with Gasteiger partial charge in [-0.3, -0.25) is 9.69 Å². The van der Waals surface area contributed by atoms with E-state index in [0.29, 0.717) is 17.9 Å². The number of hydrogen-bond acceptors (Lipinski definition) is 5. The SMILES string of the molecule is Nc1ccc(C(=O)NCCC(Oc2ccccc2)N2CCCC2)cn1. The van der Waals surface area contributed by atoms with Gasteiger partial charge < -0.3 is 15.8 Å². The molecule has 1 fully saturated rings. The van der Waals surface area contributed by atoms with Crippen LogP contribution in [0.1, 0.15) is 29.6 Å². The largest absolute Gasteiger partial charge is 0.475 e. The first-order valence-corrected chi connectivity index (χ1v) is 8.68. The second kappa shape index (κ2) is 8.48. The maximum absolute atomic E-state index is 12.2. The highest BCUT2D eigenvalue weighted by Crippen LogP contribution is 2.19. The number of para-hydroxylation sites is 1. The zero-order valence-electron chi connectivity index (χ0n) is 14.2. The second-order valence-electron chi connectivity index (χ2n) is 6.14. The summed E-state index contributed by atoms with van der Waals surface area (Å²) in [5.74, 6) is 1.11. The van der Waals surface area contributed by atoms with E-state index in [1.165, 1.54) is 19.0 Å². The molecule has 1 aromatic heterocycles. The first-order valence-electron chi connectivity index (χ1n) is 8.68. The molecule has 1 amide bonds. The highest BCUT2D eigenvalue weighted by Gasteiger charge is 2.23. The van der Waals surface area contributed by atoms with Crippen LogP contribution in [0.15, 0.2) is 48.7 Å². The zero-order chi connectivity index (χ0) is 17.5. The molecule has 2 aromatic rings. The maximum atomic E-state index is 12.2. The fourth-order valence-electron chi connectivity index (χ4n) is 2.95. The molecule has 1 saturated heterocycles. The van der Waals surface area contributed by atoms with E-state index in [4.69, 9.17) is 10.5 Å². The van der Waals surface area contributed by atoms with Crippen molar-refractivity contribution >= 4 is 11.7 Å². The van der Waals surface area contributed by atoms with Crippen LogP contribution >= 0.6 is 0 Å². The summed E-state index contributed by atoms with van der Waals surface area (Å²) in [7, 11) is 0. The average Bonchev–Trinajstić information content (AvgIpc) is 3.17. The number of nitrogen functional groups attached to an aromatic ring is 1.